The molecule has 0 amide bonds. The molecule has 88 valence electrons. The predicted octanol–water partition coefficient (Wildman–Crippen LogP) is 3.13. The molecule has 2 nitrogen and oxygen atoms in total. The lowest BCUT2D eigenvalue weighted by Crippen LogP contribution is -2.31. The molecule has 0 unspecified atom stereocenters. The van der Waals surface area contributed by atoms with E-state index in [0.29, 0.717) is 6.54 Å². The Kier molecular flexibility index (Phi) is 4.88. The summed E-state index contributed by atoms with van der Waals surface area (Å²) in [6.07, 6.45) is 1.20. The maximum atomic E-state index is 12.0. The van der Waals surface area contributed by atoms with Crippen molar-refractivity contribution in [3.63, 3.8) is 0 Å². The summed E-state index contributed by atoms with van der Waals surface area (Å²) in [5.74, 6) is 2.64. The fourth-order valence-electron chi connectivity index (χ4n) is 1.70. The zero-order valence-corrected chi connectivity index (χ0v) is 12.2. The lowest BCUT2D eigenvalue weighted by Gasteiger charge is -2.17. The van der Waals surface area contributed by atoms with E-state index in [-0.39, 0.29) is 5.78 Å². The zero-order valence-electron chi connectivity index (χ0n) is 8.95. The van der Waals surface area contributed by atoms with E-state index in [0.717, 1.165) is 27.5 Å². The van der Waals surface area contributed by atoms with Gasteiger partial charge in [-0.25, -0.2) is 0 Å². The van der Waals surface area contributed by atoms with Crippen molar-refractivity contribution in [2.24, 2.45) is 0 Å². The summed E-state index contributed by atoms with van der Waals surface area (Å²) in [5.41, 5.74) is 0. The molecule has 0 spiro atoms. The summed E-state index contributed by atoms with van der Waals surface area (Å²) in [7, 11) is 0. The summed E-state index contributed by atoms with van der Waals surface area (Å²) in [4.78, 5) is 15.1. The van der Waals surface area contributed by atoms with Crippen molar-refractivity contribution >= 4 is 44.8 Å². The quantitative estimate of drug-likeness (QED) is 0.798. The zero-order chi connectivity index (χ0) is 11.4. The summed E-state index contributed by atoms with van der Waals surface area (Å²) in [6.45, 7) is 2.68. The summed E-state index contributed by atoms with van der Waals surface area (Å²) in [6, 6.07) is 3.85. The third kappa shape index (κ3) is 3.58. The fourth-order valence-corrected chi connectivity index (χ4v) is 3.94. The van der Waals surface area contributed by atoms with Crippen LogP contribution >= 0.6 is 39.0 Å². The van der Waals surface area contributed by atoms with Gasteiger partial charge < -0.3 is 0 Å². The van der Waals surface area contributed by atoms with Crippen LogP contribution in [0.25, 0.3) is 0 Å². The normalized spacial score (nSPS) is 18.3. The fraction of sp³-hybridized carbons (Fsp3) is 0.545. The molecular formula is C11H14BrNOS2. The van der Waals surface area contributed by atoms with Crippen LogP contribution in [0.1, 0.15) is 16.1 Å². The maximum Gasteiger partial charge on any atom is 0.186 e. The Labute approximate surface area is 113 Å². The molecule has 1 fully saturated rings. The number of nitrogens with zero attached hydrogens (tertiary/aromatic N) is 1. The van der Waals surface area contributed by atoms with Crippen LogP contribution in [-0.4, -0.2) is 41.8 Å². The van der Waals surface area contributed by atoms with Gasteiger partial charge in [-0.1, -0.05) is 0 Å². The Balaban J connectivity index is 1.90. The molecule has 1 aromatic heterocycles. The van der Waals surface area contributed by atoms with E-state index in [1.54, 1.807) is 0 Å². The second-order valence-corrected chi connectivity index (χ2v) is 7.46. The molecule has 0 N–H and O–H groups in total. The number of hydrogen-bond donors (Lipinski definition) is 0. The van der Waals surface area contributed by atoms with Crippen LogP contribution in [0.3, 0.4) is 0 Å². The minimum absolute atomic E-state index is 0.252. The van der Waals surface area contributed by atoms with Crippen molar-refractivity contribution < 1.29 is 4.79 Å². The third-order valence-corrected chi connectivity index (χ3v) is 5.24. The van der Waals surface area contributed by atoms with E-state index in [1.807, 2.05) is 23.9 Å². The van der Waals surface area contributed by atoms with Crippen LogP contribution in [-0.2, 0) is 0 Å². The second kappa shape index (κ2) is 6.19. The highest BCUT2D eigenvalue weighted by molar-refractivity contribution is 9.11. The smallest absolute Gasteiger partial charge is 0.186 e. The molecule has 5 heteroatoms. The molecule has 0 radical (unpaired) electrons. The van der Waals surface area contributed by atoms with Gasteiger partial charge in [0.25, 0.3) is 0 Å². The van der Waals surface area contributed by atoms with Gasteiger partial charge in [-0.2, -0.15) is 11.8 Å². The van der Waals surface area contributed by atoms with E-state index in [2.05, 4.69) is 20.8 Å². The van der Waals surface area contributed by atoms with Gasteiger partial charge in [-0.05, 0) is 46.8 Å². The molecule has 2 heterocycles. The van der Waals surface area contributed by atoms with Crippen LogP contribution < -0.4 is 0 Å². The molecule has 1 aliphatic rings. The monoisotopic (exact) mass is 319 g/mol. The Morgan fingerprint density at radius 3 is 3.00 bits per heavy atom. The highest BCUT2D eigenvalue weighted by Gasteiger charge is 2.15. The molecule has 0 aromatic carbocycles. The van der Waals surface area contributed by atoms with Gasteiger partial charge in [0.15, 0.2) is 5.78 Å². The average Bonchev–Trinajstić information content (AvgIpc) is 2.54. The van der Waals surface area contributed by atoms with Crippen LogP contribution in [0.5, 0.6) is 0 Å². The first kappa shape index (κ1) is 12.6. The maximum absolute atomic E-state index is 12.0. The van der Waals surface area contributed by atoms with E-state index >= 15 is 0 Å². The molecule has 2 rings (SSSR count). The van der Waals surface area contributed by atoms with E-state index < -0.39 is 0 Å². The minimum atomic E-state index is 0.252. The number of ketones is 1. The standard InChI is InChI=1S/C11H14BrNOS2/c12-11-3-2-10(16-11)9(14)8-13-4-1-6-15-7-5-13/h2-3H,1,4-8H2. The number of carbonyl (C=O) groups excluding carboxylic acids is 1. The molecule has 1 aliphatic heterocycles. The van der Waals surface area contributed by atoms with Gasteiger partial charge in [-0.15, -0.1) is 11.3 Å². The molecule has 0 bridgehead atoms. The van der Waals surface area contributed by atoms with Crippen LogP contribution in [0.15, 0.2) is 15.9 Å². The van der Waals surface area contributed by atoms with Gasteiger partial charge in [0.1, 0.15) is 0 Å². The van der Waals surface area contributed by atoms with Crippen molar-refractivity contribution in [3.8, 4) is 0 Å². The SMILES string of the molecule is O=C(CN1CCCSCC1)c1ccc(Br)s1. The topological polar surface area (TPSA) is 20.3 Å². The van der Waals surface area contributed by atoms with Gasteiger partial charge in [0, 0.05) is 12.3 Å². The lowest BCUT2D eigenvalue weighted by molar-refractivity contribution is 0.0940. The van der Waals surface area contributed by atoms with Crippen molar-refractivity contribution in [1.29, 1.82) is 0 Å². The molecular weight excluding hydrogens is 306 g/mol. The molecule has 0 atom stereocenters. The Morgan fingerprint density at radius 2 is 2.25 bits per heavy atom. The second-order valence-electron chi connectivity index (χ2n) is 3.77. The van der Waals surface area contributed by atoms with Crippen LogP contribution in [0.4, 0.5) is 0 Å². The first-order valence-corrected chi connectivity index (χ1v) is 8.11. The van der Waals surface area contributed by atoms with Crippen molar-refractivity contribution in [2.45, 2.75) is 6.42 Å². The number of thiophene rings is 1. The minimum Gasteiger partial charge on any atom is -0.295 e. The Bertz CT molecular complexity index is 359. The van der Waals surface area contributed by atoms with Crippen molar-refractivity contribution in [2.75, 3.05) is 31.1 Å². The highest BCUT2D eigenvalue weighted by Crippen LogP contribution is 2.22. The molecule has 1 aromatic rings. The van der Waals surface area contributed by atoms with Crippen LogP contribution in [0.2, 0.25) is 0 Å². The molecule has 0 aliphatic carbocycles. The van der Waals surface area contributed by atoms with Gasteiger partial charge in [-0.3, -0.25) is 9.69 Å². The first-order chi connectivity index (χ1) is 7.75. The number of thioether (sulfide) groups is 1. The summed E-state index contributed by atoms with van der Waals surface area (Å²) >= 11 is 6.90. The lowest BCUT2D eigenvalue weighted by atomic mass is 10.3. The van der Waals surface area contributed by atoms with Gasteiger partial charge >= 0.3 is 0 Å². The van der Waals surface area contributed by atoms with E-state index in [4.69, 9.17) is 0 Å². The number of rotatable bonds is 3. The number of halogens is 1. The molecule has 0 saturated carbocycles. The van der Waals surface area contributed by atoms with Gasteiger partial charge in [0.2, 0.25) is 0 Å². The van der Waals surface area contributed by atoms with E-state index in [1.165, 1.54) is 23.5 Å². The average molecular weight is 320 g/mol. The Hall–Kier alpha value is 0.160. The number of hydrogen-bond acceptors (Lipinski definition) is 4. The van der Waals surface area contributed by atoms with Crippen molar-refractivity contribution in [3.05, 3.63) is 20.8 Å². The summed E-state index contributed by atoms with van der Waals surface area (Å²) in [5, 5.41) is 0. The predicted molar refractivity (Wildman–Crippen MR) is 74.7 cm³/mol. The third-order valence-electron chi connectivity index (χ3n) is 2.53. The molecule has 16 heavy (non-hydrogen) atoms. The summed E-state index contributed by atoms with van der Waals surface area (Å²) < 4.78 is 1.03. The largest absolute Gasteiger partial charge is 0.295 e. The number of Topliss-reactive ketones (excluding diaryl/α,β-unsaturated/α-hetero) is 1. The van der Waals surface area contributed by atoms with E-state index in [9.17, 15) is 4.79 Å². The van der Waals surface area contributed by atoms with Gasteiger partial charge in [0.05, 0.1) is 15.2 Å². The van der Waals surface area contributed by atoms with Crippen LogP contribution in [0, 0.1) is 0 Å². The molecule has 1 saturated heterocycles. The first-order valence-electron chi connectivity index (χ1n) is 5.34. The van der Waals surface area contributed by atoms with Crippen molar-refractivity contribution in [1.82, 2.24) is 4.90 Å². The number of carbonyl (C=O) groups is 1. The Morgan fingerprint density at radius 1 is 1.38 bits per heavy atom. The highest BCUT2D eigenvalue weighted by atomic mass is 79.9.